The topological polar surface area (TPSA) is 64.3 Å². The quantitative estimate of drug-likeness (QED) is 0.846. The summed E-state index contributed by atoms with van der Waals surface area (Å²) in [6.07, 6.45) is -1.06. The molecule has 7 heteroatoms. The summed E-state index contributed by atoms with van der Waals surface area (Å²) in [5.41, 5.74) is -0.759. The molecule has 0 aliphatic heterocycles. The number of aliphatic carboxylic acids is 1. The number of alkyl halides is 3. The highest BCUT2D eigenvalue weighted by Gasteiger charge is 2.45. The summed E-state index contributed by atoms with van der Waals surface area (Å²) < 4.78 is 38.0. The molecular formula is C13H19F3N2O2. The Morgan fingerprint density at radius 3 is 2.35 bits per heavy atom. The van der Waals surface area contributed by atoms with Gasteiger partial charge in [0.1, 0.15) is 0 Å². The van der Waals surface area contributed by atoms with Crippen LogP contribution in [0.2, 0.25) is 0 Å². The van der Waals surface area contributed by atoms with Crippen molar-refractivity contribution < 1.29 is 23.1 Å². The van der Waals surface area contributed by atoms with Crippen LogP contribution in [0, 0.1) is 17.2 Å². The van der Waals surface area contributed by atoms with Crippen LogP contribution in [-0.2, 0) is 4.79 Å². The zero-order chi connectivity index (χ0) is 15.4. The molecule has 0 saturated heterocycles. The minimum Gasteiger partial charge on any atom is -0.481 e. The van der Waals surface area contributed by atoms with Crippen LogP contribution in [0.25, 0.3) is 0 Å². The molecule has 114 valence electrons. The second-order valence-corrected chi connectivity index (χ2v) is 5.46. The van der Waals surface area contributed by atoms with Gasteiger partial charge in [0.15, 0.2) is 5.92 Å². The van der Waals surface area contributed by atoms with Gasteiger partial charge in [-0.3, -0.25) is 9.69 Å². The molecule has 0 aromatic rings. The highest BCUT2D eigenvalue weighted by molar-refractivity contribution is 5.68. The fourth-order valence-corrected chi connectivity index (χ4v) is 2.87. The number of nitrogens with zero attached hydrogens (tertiary/aromatic N) is 2. The van der Waals surface area contributed by atoms with Crippen molar-refractivity contribution in [1.82, 2.24) is 4.90 Å². The van der Waals surface area contributed by atoms with E-state index in [1.807, 2.05) is 0 Å². The Hall–Kier alpha value is -1.29. The standard InChI is InChI=1S/C13H19F3N2O2/c1-18(9-10(8-17)13(14,15)16)12(7-11(19)20)5-3-2-4-6-12/h10H,2-7,9H2,1H3,(H,19,20). The Kier molecular flexibility index (Phi) is 5.40. The third-order valence-corrected chi connectivity index (χ3v) is 4.08. The molecule has 1 aliphatic carbocycles. The van der Waals surface area contributed by atoms with E-state index in [0.717, 1.165) is 19.3 Å². The van der Waals surface area contributed by atoms with E-state index in [1.165, 1.54) is 18.0 Å². The number of carboxylic acids is 1. The molecule has 0 bridgehead atoms. The number of halogens is 3. The van der Waals surface area contributed by atoms with Gasteiger partial charge in [-0.05, 0) is 19.9 Å². The zero-order valence-electron chi connectivity index (χ0n) is 11.4. The van der Waals surface area contributed by atoms with E-state index >= 15 is 0 Å². The van der Waals surface area contributed by atoms with E-state index in [1.54, 1.807) is 0 Å². The molecule has 1 saturated carbocycles. The second-order valence-electron chi connectivity index (χ2n) is 5.46. The summed E-state index contributed by atoms with van der Waals surface area (Å²) in [5.74, 6) is -3.10. The Balaban J connectivity index is 2.86. The first-order valence-electron chi connectivity index (χ1n) is 6.61. The molecule has 0 amide bonds. The Morgan fingerprint density at radius 2 is 1.95 bits per heavy atom. The van der Waals surface area contributed by atoms with E-state index in [0.29, 0.717) is 12.8 Å². The van der Waals surface area contributed by atoms with E-state index in [-0.39, 0.29) is 6.42 Å². The molecule has 1 N–H and O–H groups in total. The summed E-state index contributed by atoms with van der Waals surface area (Å²) in [4.78, 5) is 12.4. The Morgan fingerprint density at radius 1 is 1.40 bits per heavy atom. The first-order valence-corrected chi connectivity index (χ1v) is 6.61. The average Bonchev–Trinajstić information content (AvgIpc) is 2.34. The molecule has 1 fully saturated rings. The Bertz CT molecular complexity index is 384. The molecule has 0 aromatic heterocycles. The van der Waals surface area contributed by atoms with Gasteiger partial charge in [-0.2, -0.15) is 18.4 Å². The van der Waals surface area contributed by atoms with Crippen molar-refractivity contribution in [3.63, 3.8) is 0 Å². The van der Waals surface area contributed by atoms with Crippen LogP contribution < -0.4 is 0 Å². The lowest BCUT2D eigenvalue weighted by Gasteiger charge is -2.44. The van der Waals surface area contributed by atoms with Gasteiger partial charge in [-0.25, -0.2) is 0 Å². The summed E-state index contributed by atoms with van der Waals surface area (Å²) in [5, 5.41) is 17.7. The summed E-state index contributed by atoms with van der Waals surface area (Å²) in [7, 11) is 1.49. The monoisotopic (exact) mass is 292 g/mol. The predicted molar refractivity (Wildman–Crippen MR) is 65.9 cm³/mol. The average molecular weight is 292 g/mol. The van der Waals surface area contributed by atoms with Gasteiger partial charge in [0.25, 0.3) is 0 Å². The van der Waals surface area contributed by atoms with Crippen molar-refractivity contribution in [2.45, 2.75) is 50.2 Å². The van der Waals surface area contributed by atoms with Crippen LogP contribution in [0.5, 0.6) is 0 Å². The minimum atomic E-state index is -4.58. The lowest BCUT2D eigenvalue weighted by Crippen LogP contribution is -2.52. The fourth-order valence-electron chi connectivity index (χ4n) is 2.87. The van der Waals surface area contributed by atoms with Gasteiger partial charge >= 0.3 is 12.1 Å². The maximum absolute atomic E-state index is 12.7. The molecular weight excluding hydrogens is 273 g/mol. The van der Waals surface area contributed by atoms with E-state index in [2.05, 4.69) is 0 Å². The Labute approximate surface area is 116 Å². The third kappa shape index (κ3) is 4.10. The first kappa shape index (κ1) is 16.8. The minimum absolute atomic E-state index is 0.181. The summed E-state index contributed by atoms with van der Waals surface area (Å²) in [6.45, 7) is -0.479. The molecule has 0 aromatic carbocycles. The summed E-state index contributed by atoms with van der Waals surface area (Å²) >= 11 is 0. The van der Waals surface area contributed by atoms with Gasteiger partial charge in [0.05, 0.1) is 12.5 Å². The molecule has 0 heterocycles. The number of hydrogen-bond acceptors (Lipinski definition) is 3. The van der Waals surface area contributed by atoms with E-state index in [4.69, 9.17) is 10.4 Å². The van der Waals surface area contributed by atoms with Crippen LogP contribution in [0.3, 0.4) is 0 Å². The smallest absolute Gasteiger partial charge is 0.405 e. The van der Waals surface area contributed by atoms with Crippen LogP contribution in [0.4, 0.5) is 13.2 Å². The molecule has 1 atom stereocenters. The van der Waals surface area contributed by atoms with Crippen LogP contribution in [0.15, 0.2) is 0 Å². The van der Waals surface area contributed by atoms with Crippen molar-refractivity contribution in [3.05, 3.63) is 0 Å². The second kappa shape index (κ2) is 6.44. The summed E-state index contributed by atoms with van der Waals surface area (Å²) in [6, 6.07) is 1.27. The first-order chi connectivity index (χ1) is 9.21. The van der Waals surface area contributed by atoms with Crippen LogP contribution >= 0.6 is 0 Å². The maximum atomic E-state index is 12.7. The van der Waals surface area contributed by atoms with Gasteiger partial charge < -0.3 is 5.11 Å². The van der Waals surface area contributed by atoms with Gasteiger partial charge in [-0.1, -0.05) is 19.3 Å². The largest absolute Gasteiger partial charge is 0.481 e. The molecule has 4 nitrogen and oxygen atoms in total. The maximum Gasteiger partial charge on any atom is 0.405 e. The lowest BCUT2D eigenvalue weighted by atomic mass is 9.77. The van der Waals surface area contributed by atoms with Crippen LogP contribution in [-0.4, -0.2) is 41.3 Å². The lowest BCUT2D eigenvalue weighted by molar-refractivity contribution is -0.167. The van der Waals surface area contributed by atoms with Crippen molar-refractivity contribution in [1.29, 1.82) is 5.26 Å². The number of nitriles is 1. The van der Waals surface area contributed by atoms with Gasteiger partial charge in [-0.15, -0.1) is 0 Å². The van der Waals surface area contributed by atoms with Crippen molar-refractivity contribution in [3.8, 4) is 6.07 Å². The number of rotatable bonds is 5. The van der Waals surface area contributed by atoms with Crippen LogP contribution in [0.1, 0.15) is 38.5 Å². The molecule has 20 heavy (non-hydrogen) atoms. The third-order valence-electron chi connectivity index (χ3n) is 4.08. The number of carbonyl (C=O) groups is 1. The fraction of sp³-hybridized carbons (Fsp3) is 0.846. The normalized spacial score (nSPS) is 20.4. The number of hydrogen-bond donors (Lipinski definition) is 1. The van der Waals surface area contributed by atoms with E-state index < -0.39 is 30.1 Å². The van der Waals surface area contributed by atoms with Crippen molar-refractivity contribution in [2.24, 2.45) is 5.92 Å². The zero-order valence-corrected chi connectivity index (χ0v) is 11.4. The van der Waals surface area contributed by atoms with Crippen molar-refractivity contribution in [2.75, 3.05) is 13.6 Å². The van der Waals surface area contributed by atoms with Gasteiger partial charge in [0.2, 0.25) is 0 Å². The molecule has 0 spiro atoms. The molecule has 1 aliphatic rings. The highest BCUT2D eigenvalue weighted by atomic mass is 19.4. The van der Waals surface area contributed by atoms with Gasteiger partial charge in [0, 0.05) is 12.1 Å². The molecule has 1 unspecified atom stereocenters. The van der Waals surface area contributed by atoms with E-state index in [9.17, 15) is 18.0 Å². The molecule has 0 radical (unpaired) electrons. The predicted octanol–water partition coefficient (Wildman–Crippen LogP) is 2.80. The number of carboxylic acid groups (broad SMARTS) is 1. The molecule has 1 rings (SSSR count). The SMILES string of the molecule is CN(CC(C#N)C(F)(F)F)C1(CC(=O)O)CCCCC1. The van der Waals surface area contributed by atoms with Crippen molar-refractivity contribution >= 4 is 5.97 Å². The highest BCUT2D eigenvalue weighted by Crippen LogP contribution is 2.37.